The van der Waals surface area contributed by atoms with Crippen molar-refractivity contribution in [2.75, 3.05) is 6.61 Å². The summed E-state index contributed by atoms with van der Waals surface area (Å²) in [5.74, 6) is -3.34. The smallest absolute Gasteiger partial charge is 0.790 e. The van der Waals surface area contributed by atoms with Gasteiger partial charge in [0.25, 0.3) is 5.78 Å². The Bertz CT molecular complexity index is 219. The summed E-state index contributed by atoms with van der Waals surface area (Å²) >= 11 is 0. The third-order valence-corrected chi connectivity index (χ3v) is 1.04. The number of rotatable bonds is 4. The number of aliphatic carboxylic acids is 1. The molecule has 7 nitrogen and oxygen atoms in total. The van der Waals surface area contributed by atoms with E-state index in [-0.39, 0.29) is 48.9 Å². The van der Waals surface area contributed by atoms with Crippen molar-refractivity contribution in [3.8, 4) is 0 Å². The van der Waals surface area contributed by atoms with Gasteiger partial charge in [0.1, 0.15) is 6.61 Å². The number of phosphoric ester groups is 1. The number of carbonyl (C=O) groups excluding carboxylic acids is 1. The molecule has 0 rings (SSSR count). The zero-order valence-corrected chi connectivity index (χ0v) is 11.1. The van der Waals surface area contributed by atoms with Crippen molar-refractivity contribution in [2.45, 2.75) is 0 Å². The molecule has 0 aromatic carbocycles. The quantitative estimate of drug-likeness (QED) is 0.334. The van der Waals surface area contributed by atoms with Crippen LogP contribution < -0.4 is 9.79 Å². The Kier molecular flexibility index (Phi) is 8.03. The molecule has 0 spiro atoms. The number of ketones is 1. The SMILES string of the molecule is O=C(O)C(=O)COP(=O)([O-])[O-].[Ba+2]. The molecule has 1 N–H and O–H groups in total. The summed E-state index contributed by atoms with van der Waals surface area (Å²) < 4.78 is 13.0. The third kappa shape index (κ3) is 8.91. The zero-order chi connectivity index (χ0) is 9.07. The Labute approximate surface area is 107 Å². The topological polar surface area (TPSA) is 127 Å². The molecule has 0 aliphatic rings. The van der Waals surface area contributed by atoms with Crippen LogP contribution in [0, 0.1) is 0 Å². The summed E-state index contributed by atoms with van der Waals surface area (Å²) in [6.45, 7) is -1.25. The summed E-state index contributed by atoms with van der Waals surface area (Å²) in [5.41, 5.74) is 0. The molecule has 0 aliphatic heterocycles. The van der Waals surface area contributed by atoms with Crippen molar-refractivity contribution >= 4 is 68.5 Å². The van der Waals surface area contributed by atoms with Crippen molar-refractivity contribution in [2.24, 2.45) is 0 Å². The van der Waals surface area contributed by atoms with E-state index in [0.717, 1.165) is 0 Å². The fourth-order valence-corrected chi connectivity index (χ4v) is 0.475. The minimum atomic E-state index is -5.24. The number of carbonyl (C=O) groups is 2. The molecule has 0 aromatic heterocycles. The Morgan fingerprint density at radius 1 is 1.42 bits per heavy atom. The van der Waals surface area contributed by atoms with E-state index in [1.807, 2.05) is 0 Å². The van der Waals surface area contributed by atoms with E-state index < -0.39 is 26.2 Å². The monoisotopic (exact) mass is 320 g/mol. The average molecular weight is 319 g/mol. The summed E-state index contributed by atoms with van der Waals surface area (Å²) in [4.78, 5) is 39.1. The zero-order valence-electron chi connectivity index (χ0n) is 5.76. The molecule has 0 saturated heterocycles. The van der Waals surface area contributed by atoms with E-state index in [1.54, 1.807) is 0 Å². The second-order valence-electron chi connectivity index (χ2n) is 1.45. The number of Topliss-reactive ketones (excluding diaryl/α,β-unsaturated/α-hetero) is 1. The van der Waals surface area contributed by atoms with Gasteiger partial charge in [-0.05, 0) is 0 Å². The van der Waals surface area contributed by atoms with Crippen molar-refractivity contribution < 1.29 is 33.6 Å². The molecule has 0 unspecified atom stereocenters. The molecule has 0 fully saturated rings. The first-order chi connectivity index (χ1) is 4.83. The normalized spacial score (nSPS) is 10.2. The predicted molar refractivity (Wildman–Crippen MR) is 32.0 cm³/mol. The predicted octanol–water partition coefficient (Wildman–Crippen LogP) is -2.90. The molecule has 0 radical (unpaired) electrons. The maximum atomic E-state index is 10.1. The molecule has 0 aliphatic carbocycles. The second-order valence-corrected chi connectivity index (χ2v) is 2.60. The molecular formula is C3H3BaO7P. The molecule has 0 aromatic rings. The van der Waals surface area contributed by atoms with Gasteiger partial charge < -0.3 is 24.0 Å². The number of phosphoric acid groups is 1. The number of hydrogen-bond acceptors (Lipinski definition) is 6. The number of carboxylic acids is 1. The molecule has 0 saturated carbocycles. The Morgan fingerprint density at radius 2 is 1.83 bits per heavy atom. The van der Waals surface area contributed by atoms with Crippen molar-refractivity contribution in [1.29, 1.82) is 0 Å². The van der Waals surface area contributed by atoms with E-state index in [1.165, 1.54) is 0 Å². The Hall–Kier alpha value is 0.821. The van der Waals surface area contributed by atoms with Crippen LogP contribution in [0.5, 0.6) is 0 Å². The minimum Gasteiger partial charge on any atom is -0.790 e. The maximum absolute atomic E-state index is 10.1. The second kappa shape index (κ2) is 6.30. The van der Waals surface area contributed by atoms with Crippen LogP contribution >= 0.6 is 7.82 Å². The van der Waals surface area contributed by atoms with Gasteiger partial charge in [-0.1, -0.05) is 0 Å². The molecule has 0 amide bonds. The van der Waals surface area contributed by atoms with Crippen molar-refractivity contribution in [3.05, 3.63) is 0 Å². The van der Waals surface area contributed by atoms with Crippen molar-refractivity contribution in [3.63, 3.8) is 0 Å². The Morgan fingerprint density at radius 3 is 2.08 bits per heavy atom. The average Bonchev–Trinajstić information content (AvgIpc) is 1.80. The molecule has 0 bridgehead atoms. The molecule has 0 atom stereocenters. The van der Waals surface area contributed by atoms with Crippen LogP contribution in [-0.2, 0) is 18.7 Å². The van der Waals surface area contributed by atoms with Gasteiger partial charge in [0.15, 0.2) is 0 Å². The van der Waals surface area contributed by atoms with E-state index >= 15 is 0 Å². The van der Waals surface area contributed by atoms with Crippen LogP contribution in [0.1, 0.15) is 0 Å². The number of carboxylic acid groups (broad SMARTS) is 1. The van der Waals surface area contributed by atoms with Gasteiger partial charge in [-0.2, -0.15) is 0 Å². The van der Waals surface area contributed by atoms with Gasteiger partial charge in [-0.3, -0.25) is 4.79 Å². The largest absolute Gasteiger partial charge is 2.00 e. The summed E-state index contributed by atoms with van der Waals surface area (Å²) in [5, 5.41) is 7.86. The van der Waals surface area contributed by atoms with Crippen molar-refractivity contribution in [1.82, 2.24) is 0 Å². The first-order valence-corrected chi connectivity index (χ1v) is 3.71. The first kappa shape index (κ1) is 15.3. The first-order valence-electron chi connectivity index (χ1n) is 2.25. The van der Waals surface area contributed by atoms with Crippen LogP contribution in [0.15, 0.2) is 0 Å². The standard InChI is InChI=1S/C3H5O7P.Ba/c4-2(3(5)6)1-10-11(7,8)9;/h1H2,(H,5,6)(H2,7,8,9);/q;+2/p-2. The van der Waals surface area contributed by atoms with E-state index in [9.17, 15) is 23.9 Å². The summed E-state index contributed by atoms with van der Waals surface area (Å²) in [7, 11) is -5.24. The number of hydrogen-bond donors (Lipinski definition) is 1. The van der Waals surface area contributed by atoms with Gasteiger partial charge in [0.05, 0.1) is 7.82 Å². The maximum Gasteiger partial charge on any atom is 2.00 e. The van der Waals surface area contributed by atoms with Gasteiger partial charge in [0.2, 0.25) is 0 Å². The molecule has 64 valence electrons. The van der Waals surface area contributed by atoms with E-state index in [4.69, 9.17) is 5.11 Å². The van der Waals surface area contributed by atoms with Gasteiger partial charge in [0, 0.05) is 0 Å². The summed E-state index contributed by atoms with van der Waals surface area (Å²) in [6, 6.07) is 0. The van der Waals surface area contributed by atoms with Crippen LogP contribution in [0.3, 0.4) is 0 Å². The Balaban J connectivity index is 0. The van der Waals surface area contributed by atoms with Gasteiger partial charge >= 0.3 is 54.9 Å². The van der Waals surface area contributed by atoms with Crippen LogP contribution in [0.2, 0.25) is 0 Å². The van der Waals surface area contributed by atoms with Crippen LogP contribution in [-0.4, -0.2) is 72.3 Å². The summed E-state index contributed by atoms with van der Waals surface area (Å²) in [6.07, 6.45) is 0. The molecular weight excluding hydrogens is 316 g/mol. The third-order valence-electron chi connectivity index (χ3n) is 0.592. The molecule has 9 heteroatoms. The van der Waals surface area contributed by atoms with Crippen LogP contribution in [0.4, 0.5) is 0 Å². The van der Waals surface area contributed by atoms with Gasteiger partial charge in [-0.25, -0.2) is 4.79 Å². The van der Waals surface area contributed by atoms with E-state index in [0.29, 0.717) is 0 Å². The fourth-order valence-electron chi connectivity index (χ4n) is 0.199. The molecule has 0 heterocycles. The fraction of sp³-hybridized carbons (Fsp3) is 0.333. The van der Waals surface area contributed by atoms with Gasteiger partial charge in [-0.15, -0.1) is 0 Å². The van der Waals surface area contributed by atoms with Crippen LogP contribution in [0.25, 0.3) is 0 Å². The van der Waals surface area contributed by atoms with E-state index in [2.05, 4.69) is 4.52 Å². The molecule has 12 heavy (non-hydrogen) atoms. The minimum absolute atomic E-state index is 0.